The number of anilines is 1. The van der Waals surface area contributed by atoms with Crippen LogP contribution in [0.25, 0.3) is 0 Å². The van der Waals surface area contributed by atoms with Crippen molar-refractivity contribution in [1.29, 1.82) is 0 Å². The summed E-state index contributed by atoms with van der Waals surface area (Å²) < 4.78 is 70.0. The van der Waals surface area contributed by atoms with Crippen LogP contribution in [0.5, 0.6) is 5.75 Å². The zero-order valence-corrected chi connectivity index (χ0v) is 13.9. The lowest BCUT2D eigenvalue weighted by Crippen LogP contribution is -2.24. The quantitative estimate of drug-likeness (QED) is 0.681. The maximum atomic E-state index is 12.6. The van der Waals surface area contributed by atoms with Crippen molar-refractivity contribution < 1.29 is 36.2 Å². The lowest BCUT2D eigenvalue weighted by molar-refractivity contribution is -0.174. The van der Waals surface area contributed by atoms with Crippen LogP contribution < -0.4 is 10.1 Å². The number of halogens is 5. The first-order chi connectivity index (χ1) is 12.7. The lowest BCUT2D eigenvalue weighted by atomic mass is 10.0. The molecule has 1 amide bonds. The maximum absolute atomic E-state index is 12.6. The first-order valence-corrected chi connectivity index (χ1v) is 7.79. The third kappa shape index (κ3) is 7.61. The van der Waals surface area contributed by atoms with Crippen molar-refractivity contribution >= 4 is 11.6 Å². The summed E-state index contributed by atoms with van der Waals surface area (Å²) >= 11 is 0. The van der Waals surface area contributed by atoms with Crippen LogP contribution in [0.1, 0.15) is 11.1 Å². The number of rotatable bonds is 8. The molecule has 0 heterocycles. The van der Waals surface area contributed by atoms with Gasteiger partial charge in [-0.2, -0.15) is 22.0 Å². The molecule has 0 radical (unpaired) electrons. The van der Waals surface area contributed by atoms with Crippen LogP contribution >= 0.6 is 0 Å². The number of alkyl halides is 5. The molecule has 0 fully saturated rings. The Balaban J connectivity index is 2.08. The highest BCUT2D eigenvalue weighted by molar-refractivity contribution is 5.91. The van der Waals surface area contributed by atoms with Gasteiger partial charge in [0, 0.05) is 17.7 Å². The van der Waals surface area contributed by atoms with Gasteiger partial charge in [0.1, 0.15) is 19.0 Å². The van der Waals surface area contributed by atoms with Crippen LogP contribution in [0, 0.1) is 0 Å². The van der Waals surface area contributed by atoms with Gasteiger partial charge in [0.25, 0.3) is 0 Å². The van der Waals surface area contributed by atoms with E-state index in [0.29, 0.717) is 5.56 Å². The van der Waals surface area contributed by atoms with Gasteiger partial charge in [-0.15, -0.1) is 0 Å². The first kappa shape index (κ1) is 20.6. The SMILES string of the molecule is O=C(COCC(F)(F)F)Nc1ccc(OC(F)F)c(Cc2ccccc2)c1. The monoisotopic (exact) mass is 389 g/mol. The van der Waals surface area contributed by atoms with Gasteiger partial charge in [-0.25, -0.2) is 0 Å². The molecule has 0 aliphatic carbocycles. The van der Waals surface area contributed by atoms with Crippen LogP contribution in [-0.4, -0.2) is 31.9 Å². The van der Waals surface area contributed by atoms with Crippen molar-refractivity contribution in [3.8, 4) is 5.75 Å². The summed E-state index contributed by atoms with van der Waals surface area (Å²) in [4.78, 5) is 11.7. The predicted molar refractivity (Wildman–Crippen MR) is 87.8 cm³/mol. The number of ether oxygens (including phenoxy) is 2. The Morgan fingerprint density at radius 1 is 1.07 bits per heavy atom. The fraction of sp³-hybridized carbons (Fsp3) is 0.278. The number of carbonyl (C=O) groups excluding carboxylic acids is 1. The van der Waals surface area contributed by atoms with Crippen molar-refractivity contribution in [2.45, 2.75) is 19.2 Å². The second-order valence-corrected chi connectivity index (χ2v) is 5.52. The average Bonchev–Trinajstić information content (AvgIpc) is 2.56. The maximum Gasteiger partial charge on any atom is 0.411 e. The summed E-state index contributed by atoms with van der Waals surface area (Å²) in [7, 11) is 0. The topological polar surface area (TPSA) is 47.6 Å². The summed E-state index contributed by atoms with van der Waals surface area (Å²) in [5.74, 6) is -0.854. The normalized spacial score (nSPS) is 11.5. The minimum Gasteiger partial charge on any atom is -0.435 e. The zero-order valence-electron chi connectivity index (χ0n) is 13.9. The number of carbonyl (C=O) groups is 1. The number of nitrogens with one attached hydrogen (secondary N) is 1. The smallest absolute Gasteiger partial charge is 0.411 e. The first-order valence-electron chi connectivity index (χ1n) is 7.79. The Labute approximate surface area is 151 Å². The molecule has 2 aromatic rings. The fourth-order valence-corrected chi connectivity index (χ4v) is 2.28. The standard InChI is InChI=1S/C18H16F5NO3/c19-17(20)27-15-7-6-14(24-16(25)10-26-11-18(21,22)23)9-13(15)8-12-4-2-1-3-5-12/h1-7,9,17H,8,10-11H2,(H,24,25). The molecule has 0 aliphatic rings. The molecule has 0 atom stereocenters. The minimum absolute atomic E-state index is 0.0554. The van der Waals surface area contributed by atoms with E-state index < -0.39 is 31.9 Å². The summed E-state index contributed by atoms with van der Waals surface area (Å²) in [6, 6.07) is 13.0. The lowest BCUT2D eigenvalue weighted by Gasteiger charge is -2.14. The van der Waals surface area contributed by atoms with E-state index in [2.05, 4.69) is 14.8 Å². The summed E-state index contributed by atoms with van der Waals surface area (Å²) in [6.07, 6.45) is -4.27. The van der Waals surface area contributed by atoms with Gasteiger partial charge < -0.3 is 14.8 Å². The Morgan fingerprint density at radius 3 is 2.41 bits per heavy atom. The van der Waals surface area contributed by atoms with E-state index in [0.717, 1.165) is 5.56 Å². The Bertz CT molecular complexity index is 750. The highest BCUT2D eigenvalue weighted by Crippen LogP contribution is 2.27. The second kappa shape index (κ2) is 9.31. The summed E-state index contributed by atoms with van der Waals surface area (Å²) in [5, 5.41) is 2.36. The largest absolute Gasteiger partial charge is 0.435 e. The van der Waals surface area contributed by atoms with Crippen LogP contribution in [0.15, 0.2) is 48.5 Å². The molecule has 0 spiro atoms. The molecule has 27 heavy (non-hydrogen) atoms. The number of hydrogen-bond acceptors (Lipinski definition) is 3. The van der Waals surface area contributed by atoms with E-state index >= 15 is 0 Å². The number of amides is 1. The van der Waals surface area contributed by atoms with Crippen LogP contribution in [0.3, 0.4) is 0 Å². The van der Waals surface area contributed by atoms with Crippen molar-refractivity contribution in [2.75, 3.05) is 18.5 Å². The molecule has 0 aliphatic heterocycles. The Hall–Kier alpha value is -2.68. The van der Waals surface area contributed by atoms with Gasteiger partial charge in [-0.05, 0) is 23.8 Å². The summed E-state index contributed by atoms with van der Waals surface area (Å²) in [6.45, 7) is -5.35. The van der Waals surface area contributed by atoms with E-state index in [1.165, 1.54) is 18.2 Å². The number of benzene rings is 2. The van der Waals surface area contributed by atoms with Gasteiger partial charge in [0.15, 0.2) is 0 Å². The predicted octanol–water partition coefficient (Wildman–Crippen LogP) is 4.40. The summed E-state index contributed by atoms with van der Waals surface area (Å²) in [5.41, 5.74) is 1.44. The van der Waals surface area contributed by atoms with Crippen LogP contribution in [0.2, 0.25) is 0 Å². The molecule has 0 saturated heterocycles. The third-order valence-electron chi connectivity index (χ3n) is 3.30. The van der Waals surface area contributed by atoms with E-state index in [9.17, 15) is 26.7 Å². The van der Waals surface area contributed by atoms with Crippen molar-refractivity contribution in [3.05, 3.63) is 59.7 Å². The van der Waals surface area contributed by atoms with Gasteiger partial charge in [0.2, 0.25) is 5.91 Å². The molecule has 0 saturated carbocycles. The molecular formula is C18H16F5NO3. The van der Waals surface area contributed by atoms with E-state index in [4.69, 9.17) is 0 Å². The molecule has 0 aromatic heterocycles. The van der Waals surface area contributed by atoms with Gasteiger partial charge in [-0.1, -0.05) is 30.3 Å². The molecule has 4 nitrogen and oxygen atoms in total. The van der Waals surface area contributed by atoms with Crippen molar-refractivity contribution in [1.82, 2.24) is 0 Å². The molecule has 2 rings (SSSR count). The molecule has 146 valence electrons. The van der Waals surface area contributed by atoms with Crippen molar-refractivity contribution in [3.63, 3.8) is 0 Å². The van der Waals surface area contributed by atoms with E-state index in [1.807, 2.05) is 0 Å². The zero-order chi connectivity index (χ0) is 19.9. The highest BCUT2D eigenvalue weighted by atomic mass is 19.4. The van der Waals surface area contributed by atoms with E-state index in [1.54, 1.807) is 30.3 Å². The Morgan fingerprint density at radius 2 is 1.78 bits per heavy atom. The molecule has 1 N–H and O–H groups in total. The van der Waals surface area contributed by atoms with E-state index in [-0.39, 0.29) is 17.9 Å². The van der Waals surface area contributed by atoms with Gasteiger partial charge in [-0.3, -0.25) is 4.79 Å². The Kier molecular flexibility index (Phi) is 7.12. The average molecular weight is 389 g/mol. The molecular weight excluding hydrogens is 373 g/mol. The van der Waals surface area contributed by atoms with Crippen LogP contribution in [-0.2, 0) is 16.0 Å². The fourth-order valence-electron chi connectivity index (χ4n) is 2.28. The second-order valence-electron chi connectivity index (χ2n) is 5.52. The molecule has 0 bridgehead atoms. The van der Waals surface area contributed by atoms with Gasteiger partial charge in [0.05, 0.1) is 0 Å². The molecule has 0 unspecified atom stereocenters. The highest BCUT2D eigenvalue weighted by Gasteiger charge is 2.27. The third-order valence-corrected chi connectivity index (χ3v) is 3.30. The molecule has 9 heteroatoms. The van der Waals surface area contributed by atoms with Crippen molar-refractivity contribution in [2.24, 2.45) is 0 Å². The van der Waals surface area contributed by atoms with Gasteiger partial charge >= 0.3 is 12.8 Å². The molecule has 2 aromatic carbocycles. The number of hydrogen-bond donors (Lipinski definition) is 1. The van der Waals surface area contributed by atoms with Crippen LogP contribution in [0.4, 0.5) is 27.6 Å². The minimum atomic E-state index is -4.53.